The summed E-state index contributed by atoms with van der Waals surface area (Å²) in [7, 11) is 1.39. The molecule has 0 radical (unpaired) electrons. The number of hydrogen-bond acceptors (Lipinski definition) is 3. The number of halogens is 3. The van der Waals surface area contributed by atoms with Crippen LogP contribution >= 0.6 is 0 Å². The summed E-state index contributed by atoms with van der Waals surface area (Å²) in [5, 5.41) is 11.6. The summed E-state index contributed by atoms with van der Waals surface area (Å²) in [5.74, 6) is 0.366. The molecule has 8 heteroatoms. The molecule has 0 saturated carbocycles. The lowest BCUT2D eigenvalue weighted by Gasteiger charge is -2.32. The molecule has 1 atom stereocenters. The predicted molar refractivity (Wildman–Crippen MR) is 90.0 cm³/mol. The molecule has 136 valence electrons. The van der Waals surface area contributed by atoms with Crippen molar-refractivity contribution >= 4 is 10.9 Å². The summed E-state index contributed by atoms with van der Waals surface area (Å²) in [6.07, 6.45) is -3.69. The Kier molecular flexibility index (Phi) is 4.35. The Morgan fingerprint density at radius 3 is 2.35 bits per heavy atom. The van der Waals surface area contributed by atoms with E-state index in [-0.39, 0.29) is 11.1 Å². The van der Waals surface area contributed by atoms with Gasteiger partial charge in [0.2, 0.25) is 6.54 Å². The molecule has 26 heavy (non-hydrogen) atoms. The number of benzene rings is 2. The van der Waals surface area contributed by atoms with E-state index in [9.17, 15) is 23.3 Å². The van der Waals surface area contributed by atoms with Crippen LogP contribution in [0.25, 0.3) is 10.9 Å². The minimum absolute atomic E-state index is 0.178. The van der Waals surface area contributed by atoms with E-state index in [0.717, 1.165) is 0 Å². The number of aromatic nitrogens is 1. The number of nitro groups is 1. The fraction of sp³-hybridized carbons (Fsp3) is 0.222. The van der Waals surface area contributed by atoms with Crippen molar-refractivity contribution in [2.45, 2.75) is 11.6 Å². The van der Waals surface area contributed by atoms with E-state index in [0.29, 0.717) is 16.7 Å². The van der Waals surface area contributed by atoms with Crippen LogP contribution in [0.4, 0.5) is 13.2 Å². The smallest absolute Gasteiger partial charge is 0.408 e. The fourth-order valence-electron chi connectivity index (χ4n) is 3.23. The maximum absolute atomic E-state index is 14.3. The van der Waals surface area contributed by atoms with E-state index < -0.39 is 23.1 Å². The molecule has 1 heterocycles. The first-order valence-electron chi connectivity index (χ1n) is 7.69. The van der Waals surface area contributed by atoms with Gasteiger partial charge in [0.05, 0.1) is 7.11 Å². The Morgan fingerprint density at radius 2 is 1.77 bits per heavy atom. The molecule has 3 aromatic rings. The molecule has 1 aromatic heterocycles. The Bertz CT molecular complexity index is 935. The number of alkyl halides is 3. The lowest BCUT2D eigenvalue weighted by molar-refractivity contribution is -0.498. The highest BCUT2D eigenvalue weighted by molar-refractivity contribution is 5.85. The van der Waals surface area contributed by atoms with Crippen molar-refractivity contribution in [1.29, 1.82) is 0 Å². The highest BCUT2D eigenvalue weighted by atomic mass is 19.4. The molecule has 0 unspecified atom stereocenters. The van der Waals surface area contributed by atoms with Crippen molar-refractivity contribution in [3.05, 3.63) is 76.0 Å². The van der Waals surface area contributed by atoms with E-state index in [1.165, 1.54) is 43.6 Å². The monoisotopic (exact) mass is 364 g/mol. The van der Waals surface area contributed by atoms with Gasteiger partial charge in [0.25, 0.3) is 0 Å². The third-order valence-corrected chi connectivity index (χ3v) is 4.48. The van der Waals surface area contributed by atoms with Crippen LogP contribution < -0.4 is 4.74 Å². The topological polar surface area (TPSA) is 68.2 Å². The first-order valence-corrected chi connectivity index (χ1v) is 7.69. The van der Waals surface area contributed by atoms with Crippen LogP contribution in [-0.2, 0) is 5.41 Å². The SMILES string of the molecule is COc1ccc([C@@](C[N+](=O)[O-])(c2c[nH]c3ccccc23)C(F)(F)F)cc1. The molecule has 2 aromatic carbocycles. The Morgan fingerprint density at radius 1 is 1.12 bits per heavy atom. The third kappa shape index (κ3) is 2.77. The average molecular weight is 364 g/mol. The predicted octanol–water partition coefficient (Wildman–Crippen LogP) is 4.30. The standard InChI is InChI=1S/C18H15F3N2O3/c1-26-13-8-6-12(7-9-13)17(11-23(24)25,18(19,20)21)15-10-22-16-5-3-2-4-14(15)16/h2-10,22H,11H2,1H3/t17-/m0/s1. The number of nitrogens with zero attached hydrogens (tertiary/aromatic N) is 1. The Balaban J connectivity index is 2.35. The molecule has 1 N–H and O–H groups in total. The molecular weight excluding hydrogens is 349 g/mol. The van der Waals surface area contributed by atoms with Crippen molar-refractivity contribution in [3.8, 4) is 5.75 Å². The number of methoxy groups -OCH3 is 1. The van der Waals surface area contributed by atoms with Gasteiger partial charge in [-0.3, -0.25) is 10.1 Å². The number of hydrogen-bond donors (Lipinski definition) is 1. The largest absolute Gasteiger partial charge is 0.497 e. The second-order valence-electron chi connectivity index (χ2n) is 5.87. The summed E-state index contributed by atoms with van der Waals surface area (Å²) < 4.78 is 48.0. The first-order chi connectivity index (χ1) is 12.3. The van der Waals surface area contributed by atoms with E-state index in [1.54, 1.807) is 18.2 Å². The van der Waals surface area contributed by atoms with Gasteiger partial charge in [0.1, 0.15) is 5.75 Å². The van der Waals surface area contributed by atoms with Gasteiger partial charge in [0, 0.05) is 27.6 Å². The minimum atomic E-state index is -4.89. The zero-order valence-electron chi connectivity index (χ0n) is 13.7. The zero-order valence-corrected chi connectivity index (χ0v) is 13.7. The van der Waals surface area contributed by atoms with Crippen LogP contribution in [0.3, 0.4) is 0 Å². The molecule has 0 spiro atoms. The number of nitrogens with one attached hydrogen (secondary N) is 1. The van der Waals surface area contributed by atoms with Crippen molar-refractivity contribution in [2.24, 2.45) is 0 Å². The molecule has 0 saturated heterocycles. The summed E-state index contributed by atoms with van der Waals surface area (Å²) in [6.45, 7) is -1.31. The van der Waals surface area contributed by atoms with Gasteiger partial charge < -0.3 is 9.72 Å². The number of para-hydroxylation sites is 1. The second kappa shape index (κ2) is 6.36. The van der Waals surface area contributed by atoms with Gasteiger partial charge in [-0.1, -0.05) is 30.3 Å². The maximum Gasteiger partial charge on any atom is 0.408 e. The zero-order chi connectivity index (χ0) is 18.9. The molecular formula is C18H15F3N2O3. The number of ether oxygens (including phenoxy) is 1. The minimum Gasteiger partial charge on any atom is -0.497 e. The van der Waals surface area contributed by atoms with Gasteiger partial charge >= 0.3 is 6.18 Å². The summed E-state index contributed by atoms with van der Waals surface area (Å²) in [6, 6.07) is 11.6. The normalized spacial score (nSPS) is 14.2. The Labute approximate surface area is 146 Å². The van der Waals surface area contributed by atoms with Crippen LogP contribution in [0.15, 0.2) is 54.7 Å². The number of H-pyrrole nitrogens is 1. The van der Waals surface area contributed by atoms with Crippen LogP contribution in [0.1, 0.15) is 11.1 Å². The van der Waals surface area contributed by atoms with Gasteiger partial charge in [-0.2, -0.15) is 13.2 Å². The molecule has 0 aliphatic heterocycles. The number of fused-ring (bicyclic) bond motifs is 1. The van der Waals surface area contributed by atoms with Gasteiger partial charge in [-0.25, -0.2) is 0 Å². The quantitative estimate of drug-likeness (QED) is 0.542. The summed E-state index contributed by atoms with van der Waals surface area (Å²) >= 11 is 0. The summed E-state index contributed by atoms with van der Waals surface area (Å²) in [4.78, 5) is 13.1. The maximum atomic E-state index is 14.3. The molecule has 0 amide bonds. The van der Waals surface area contributed by atoms with Gasteiger partial charge in [-0.05, 0) is 23.8 Å². The van der Waals surface area contributed by atoms with Crippen molar-refractivity contribution in [1.82, 2.24) is 4.98 Å². The van der Waals surface area contributed by atoms with E-state index in [2.05, 4.69) is 4.98 Å². The third-order valence-electron chi connectivity index (χ3n) is 4.48. The van der Waals surface area contributed by atoms with Crippen LogP contribution in [0.5, 0.6) is 5.75 Å². The summed E-state index contributed by atoms with van der Waals surface area (Å²) in [5.41, 5.74) is -2.70. The van der Waals surface area contributed by atoms with E-state index in [4.69, 9.17) is 4.74 Å². The van der Waals surface area contributed by atoms with Crippen LogP contribution in [0.2, 0.25) is 0 Å². The molecule has 0 bridgehead atoms. The molecule has 5 nitrogen and oxygen atoms in total. The highest BCUT2D eigenvalue weighted by Gasteiger charge is 2.61. The Hall–Kier alpha value is -3.03. The molecule has 0 aliphatic carbocycles. The first kappa shape index (κ1) is 17.8. The lowest BCUT2D eigenvalue weighted by atomic mass is 9.73. The fourth-order valence-corrected chi connectivity index (χ4v) is 3.23. The average Bonchev–Trinajstić information content (AvgIpc) is 3.03. The van der Waals surface area contributed by atoms with Gasteiger partial charge in [0.15, 0.2) is 5.41 Å². The molecule has 0 aliphatic rings. The van der Waals surface area contributed by atoms with E-state index in [1.807, 2.05) is 0 Å². The number of aromatic amines is 1. The van der Waals surface area contributed by atoms with Gasteiger partial charge in [-0.15, -0.1) is 0 Å². The van der Waals surface area contributed by atoms with Crippen molar-refractivity contribution in [2.75, 3.05) is 13.7 Å². The van der Waals surface area contributed by atoms with Crippen molar-refractivity contribution in [3.63, 3.8) is 0 Å². The lowest BCUT2D eigenvalue weighted by Crippen LogP contribution is -2.48. The van der Waals surface area contributed by atoms with Crippen LogP contribution in [-0.4, -0.2) is 29.7 Å². The van der Waals surface area contributed by atoms with E-state index >= 15 is 0 Å². The number of rotatable bonds is 5. The second-order valence-corrected chi connectivity index (χ2v) is 5.87. The van der Waals surface area contributed by atoms with Crippen LogP contribution in [0, 0.1) is 10.1 Å². The molecule has 3 rings (SSSR count). The van der Waals surface area contributed by atoms with Crippen molar-refractivity contribution < 1.29 is 22.8 Å². The highest BCUT2D eigenvalue weighted by Crippen LogP contribution is 2.49. The molecule has 0 fully saturated rings.